The summed E-state index contributed by atoms with van der Waals surface area (Å²) in [5, 5.41) is 2.79. The maximum Gasteiger partial charge on any atom is 0.410 e. The number of amides is 2. The molecule has 1 fully saturated rings. The summed E-state index contributed by atoms with van der Waals surface area (Å²) in [5.41, 5.74) is -0.757. The molecule has 1 aliphatic heterocycles. The van der Waals surface area contributed by atoms with E-state index in [0.717, 1.165) is 5.56 Å². The van der Waals surface area contributed by atoms with Gasteiger partial charge in [0.15, 0.2) is 0 Å². The van der Waals surface area contributed by atoms with Crippen LogP contribution in [-0.2, 0) is 25.6 Å². The molecule has 1 atom stereocenters. The fraction of sp³-hybridized carbons (Fsp3) is 0.571. The third kappa shape index (κ3) is 7.29. The summed E-state index contributed by atoms with van der Waals surface area (Å²) in [6.45, 7) is 7.87. The van der Waals surface area contributed by atoms with Crippen LogP contribution in [0.5, 0.6) is 0 Å². The van der Waals surface area contributed by atoms with E-state index in [2.05, 4.69) is 5.32 Å². The first-order valence-corrected chi connectivity index (χ1v) is 9.75. The number of benzene rings is 1. The number of nitrogens with zero attached hydrogens (tertiary/aromatic N) is 1. The second-order valence-electron chi connectivity index (χ2n) is 8.10. The van der Waals surface area contributed by atoms with Gasteiger partial charge in [0.2, 0.25) is 0 Å². The van der Waals surface area contributed by atoms with Crippen LogP contribution in [0.2, 0.25) is 0 Å². The third-order valence-electron chi connectivity index (χ3n) is 4.37. The lowest BCUT2D eigenvalue weighted by atomic mass is 9.94. The molecule has 8 nitrogen and oxygen atoms in total. The summed E-state index contributed by atoms with van der Waals surface area (Å²) >= 11 is 0. The molecule has 0 saturated carbocycles. The Bertz CT molecular complexity index is 716. The number of alkyl carbamates (subject to hydrolysis) is 1. The van der Waals surface area contributed by atoms with Gasteiger partial charge in [-0.3, -0.25) is 4.79 Å². The number of likely N-dealkylation sites (tertiary alicyclic amines) is 1. The minimum absolute atomic E-state index is 0.0530. The van der Waals surface area contributed by atoms with E-state index in [-0.39, 0.29) is 26.2 Å². The van der Waals surface area contributed by atoms with Gasteiger partial charge in [0, 0.05) is 13.1 Å². The molecule has 160 valence electrons. The molecule has 0 radical (unpaired) electrons. The normalized spacial score (nSPS) is 18.8. The van der Waals surface area contributed by atoms with Crippen molar-refractivity contribution in [3.8, 4) is 0 Å². The van der Waals surface area contributed by atoms with Crippen LogP contribution in [0.1, 0.15) is 46.1 Å². The van der Waals surface area contributed by atoms with Crippen LogP contribution in [0, 0.1) is 0 Å². The lowest BCUT2D eigenvalue weighted by Gasteiger charge is -2.31. The first kappa shape index (κ1) is 22.5. The number of hydrogen-bond donors (Lipinski definition) is 1. The minimum atomic E-state index is -0.958. The summed E-state index contributed by atoms with van der Waals surface area (Å²) in [7, 11) is 0. The average molecular weight is 406 g/mol. The van der Waals surface area contributed by atoms with Gasteiger partial charge in [0.25, 0.3) is 0 Å². The highest BCUT2D eigenvalue weighted by molar-refractivity contribution is 5.75. The molecule has 1 unspecified atom stereocenters. The molecule has 1 aromatic rings. The van der Waals surface area contributed by atoms with Crippen molar-refractivity contribution in [3.63, 3.8) is 0 Å². The van der Waals surface area contributed by atoms with Gasteiger partial charge in [-0.05, 0) is 39.7 Å². The van der Waals surface area contributed by atoms with Gasteiger partial charge in [0.1, 0.15) is 12.2 Å². The topological polar surface area (TPSA) is 94.2 Å². The number of ether oxygens (including phenoxy) is 3. The molecule has 1 aromatic carbocycles. The van der Waals surface area contributed by atoms with Crippen LogP contribution in [0.4, 0.5) is 9.59 Å². The molecule has 0 spiro atoms. The molecule has 0 bridgehead atoms. The van der Waals surface area contributed by atoms with Gasteiger partial charge in [-0.25, -0.2) is 9.59 Å². The first-order chi connectivity index (χ1) is 13.6. The molecule has 29 heavy (non-hydrogen) atoms. The number of carbonyl (C=O) groups excluding carboxylic acids is 3. The van der Waals surface area contributed by atoms with E-state index >= 15 is 0 Å². The monoisotopic (exact) mass is 406 g/mol. The highest BCUT2D eigenvalue weighted by Gasteiger charge is 2.44. The smallest absolute Gasteiger partial charge is 0.410 e. The Morgan fingerprint density at radius 3 is 2.45 bits per heavy atom. The Hall–Kier alpha value is -2.77. The van der Waals surface area contributed by atoms with Crippen molar-refractivity contribution in [1.29, 1.82) is 0 Å². The first-order valence-electron chi connectivity index (χ1n) is 9.75. The molecule has 1 heterocycles. The van der Waals surface area contributed by atoms with Gasteiger partial charge < -0.3 is 24.4 Å². The van der Waals surface area contributed by atoms with E-state index < -0.39 is 29.3 Å². The number of nitrogens with one attached hydrogen (secondary N) is 1. The van der Waals surface area contributed by atoms with E-state index in [1.807, 2.05) is 30.3 Å². The predicted octanol–water partition coefficient (Wildman–Crippen LogP) is 3.25. The standard InChI is InChI=1S/C21H30N2O6/c1-5-27-17(24)13-21(22-18(25)29-20(2,3)4)11-12-23(15-21)19(26)28-14-16-9-7-6-8-10-16/h6-10H,5,11-15H2,1-4H3,(H,22,25). The van der Waals surface area contributed by atoms with Gasteiger partial charge in [-0.2, -0.15) is 0 Å². The van der Waals surface area contributed by atoms with E-state index in [1.165, 1.54) is 4.90 Å². The van der Waals surface area contributed by atoms with Crippen LogP contribution in [0.3, 0.4) is 0 Å². The number of carbonyl (C=O) groups is 3. The maximum absolute atomic E-state index is 12.5. The highest BCUT2D eigenvalue weighted by Crippen LogP contribution is 2.27. The largest absolute Gasteiger partial charge is 0.466 e. The summed E-state index contributed by atoms with van der Waals surface area (Å²) < 4.78 is 15.7. The van der Waals surface area contributed by atoms with Crippen LogP contribution < -0.4 is 5.32 Å². The van der Waals surface area contributed by atoms with E-state index in [9.17, 15) is 14.4 Å². The van der Waals surface area contributed by atoms with E-state index in [4.69, 9.17) is 14.2 Å². The molecule has 0 aliphatic carbocycles. The van der Waals surface area contributed by atoms with Crippen molar-refractivity contribution in [2.75, 3.05) is 19.7 Å². The number of esters is 1. The van der Waals surface area contributed by atoms with Crippen LogP contribution in [0.15, 0.2) is 30.3 Å². The molecular weight excluding hydrogens is 376 g/mol. The quantitative estimate of drug-likeness (QED) is 0.576. The average Bonchev–Trinajstić information content (AvgIpc) is 3.02. The predicted molar refractivity (Wildman–Crippen MR) is 106 cm³/mol. The molecule has 1 N–H and O–H groups in total. The SMILES string of the molecule is CCOC(=O)CC1(NC(=O)OC(C)(C)C)CCN(C(=O)OCc2ccccc2)C1. The zero-order chi connectivity index (χ0) is 21.5. The molecule has 2 rings (SSSR count). The van der Waals surface area contributed by atoms with Crippen molar-refractivity contribution in [3.05, 3.63) is 35.9 Å². The fourth-order valence-corrected chi connectivity index (χ4v) is 3.14. The fourth-order valence-electron chi connectivity index (χ4n) is 3.14. The molecule has 0 aromatic heterocycles. The Kier molecular flexibility index (Phi) is 7.47. The van der Waals surface area contributed by atoms with Crippen molar-refractivity contribution >= 4 is 18.2 Å². The van der Waals surface area contributed by atoms with Crippen molar-refractivity contribution < 1.29 is 28.6 Å². The number of hydrogen-bond acceptors (Lipinski definition) is 6. The summed E-state index contributed by atoms with van der Waals surface area (Å²) in [5.74, 6) is -0.442. The second kappa shape index (κ2) is 9.62. The lowest BCUT2D eigenvalue weighted by Crippen LogP contribution is -2.53. The Labute approximate surface area is 171 Å². The summed E-state index contributed by atoms with van der Waals surface area (Å²) in [4.78, 5) is 38.4. The van der Waals surface area contributed by atoms with Gasteiger partial charge in [-0.15, -0.1) is 0 Å². The molecule has 2 amide bonds. The van der Waals surface area contributed by atoms with E-state index in [1.54, 1.807) is 27.7 Å². The van der Waals surface area contributed by atoms with Gasteiger partial charge in [-0.1, -0.05) is 30.3 Å². The highest BCUT2D eigenvalue weighted by atomic mass is 16.6. The number of rotatable bonds is 6. The van der Waals surface area contributed by atoms with Crippen LogP contribution in [-0.4, -0.2) is 53.9 Å². The summed E-state index contributed by atoms with van der Waals surface area (Å²) in [6, 6.07) is 9.36. The van der Waals surface area contributed by atoms with Crippen molar-refractivity contribution in [2.24, 2.45) is 0 Å². The molecular formula is C21H30N2O6. The van der Waals surface area contributed by atoms with Gasteiger partial charge in [0.05, 0.1) is 18.6 Å². The minimum Gasteiger partial charge on any atom is -0.466 e. The van der Waals surface area contributed by atoms with Crippen molar-refractivity contribution in [1.82, 2.24) is 10.2 Å². The maximum atomic E-state index is 12.5. The lowest BCUT2D eigenvalue weighted by molar-refractivity contribution is -0.144. The Morgan fingerprint density at radius 1 is 1.14 bits per heavy atom. The molecule has 8 heteroatoms. The van der Waals surface area contributed by atoms with E-state index in [0.29, 0.717) is 13.0 Å². The third-order valence-corrected chi connectivity index (χ3v) is 4.37. The van der Waals surface area contributed by atoms with Crippen LogP contribution in [0.25, 0.3) is 0 Å². The second-order valence-corrected chi connectivity index (χ2v) is 8.10. The zero-order valence-electron chi connectivity index (χ0n) is 17.5. The zero-order valence-corrected chi connectivity index (χ0v) is 17.5. The summed E-state index contributed by atoms with van der Waals surface area (Å²) in [6.07, 6.45) is -0.791. The van der Waals surface area contributed by atoms with Crippen molar-refractivity contribution in [2.45, 2.75) is 58.3 Å². The Morgan fingerprint density at radius 2 is 1.83 bits per heavy atom. The van der Waals surface area contributed by atoms with Gasteiger partial charge >= 0.3 is 18.2 Å². The van der Waals surface area contributed by atoms with Crippen LogP contribution >= 0.6 is 0 Å². The molecule has 1 saturated heterocycles. The molecule has 1 aliphatic rings. The Balaban J connectivity index is 2.02.